The Hall–Kier alpha value is -2.02. The number of nitrogens with zero attached hydrogens (tertiary/aromatic N) is 4. The summed E-state index contributed by atoms with van der Waals surface area (Å²) in [6, 6.07) is 1.75. The first-order valence-corrected chi connectivity index (χ1v) is 8.17. The van der Waals surface area contributed by atoms with Crippen molar-refractivity contribution in [1.82, 2.24) is 19.9 Å². The molecule has 1 amide bonds. The van der Waals surface area contributed by atoms with E-state index in [1.54, 1.807) is 12.3 Å². The number of aromatic nitrogens is 3. The van der Waals surface area contributed by atoms with Gasteiger partial charge in [-0.3, -0.25) is 4.79 Å². The Kier molecular flexibility index (Phi) is 4.33. The Morgan fingerprint density at radius 1 is 1.41 bits per heavy atom. The second-order valence-electron chi connectivity index (χ2n) is 5.33. The maximum atomic E-state index is 12.5. The van der Waals surface area contributed by atoms with Gasteiger partial charge < -0.3 is 9.64 Å². The number of likely N-dealkylation sites (tertiary alicyclic amines) is 1. The van der Waals surface area contributed by atoms with E-state index in [0.29, 0.717) is 23.9 Å². The zero-order valence-electron chi connectivity index (χ0n) is 12.7. The number of rotatable bonds is 3. The second kappa shape index (κ2) is 6.39. The van der Waals surface area contributed by atoms with Crippen molar-refractivity contribution in [2.24, 2.45) is 0 Å². The molecule has 3 heterocycles. The molecular formula is C15H18N4O2S. The molecule has 0 aliphatic carbocycles. The average molecular weight is 318 g/mol. The summed E-state index contributed by atoms with van der Waals surface area (Å²) >= 11 is 1.49. The van der Waals surface area contributed by atoms with Crippen molar-refractivity contribution in [3.63, 3.8) is 0 Å². The highest BCUT2D eigenvalue weighted by Crippen LogP contribution is 2.19. The quantitative estimate of drug-likeness (QED) is 0.868. The molecule has 1 atom stereocenters. The van der Waals surface area contributed by atoms with Gasteiger partial charge in [-0.05, 0) is 26.7 Å². The van der Waals surface area contributed by atoms with Gasteiger partial charge in [0.15, 0.2) is 0 Å². The topological polar surface area (TPSA) is 68.2 Å². The van der Waals surface area contributed by atoms with Gasteiger partial charge in [0.1, 0.15) is 17.6 Å². The lowest BCUT2D eigenvalue weighted by Crippen LogP contribution is -2.44. The van der Waals surface area contributed by atoms with Crippen LogP contribution in [0.25, 0.3) is 0 Å². The van der Waals surface area contributed by atoms with Crippen LogP contribution in [-0.2, 0) is 0 Å². The Morgan fingerprint density at radius 3 is 3.00 bits per heavy atom. The smallest absolute Gasteiger partial charge is 0.273 e. The standard InChI is InChI=1S/C15H18N4O2S/c1-10-16-6-5-14(17-10)21-12-4-3-7-19(8-12)15(20)13-9-22-11(2)18-13/h5-6,9,12H,3-4,7-8H2,1-2H3. The summed E-state index contributed by atoms with van der Waals surface area (Å²) < 4.78 is 5.89. The lowest BCUT2D eigenvalue weighted by molar-refractivity contribution is 0.0522. The Balaban J connectivity index is 1.65. The van der Waals surface area contributed by atoms with Gasteiger partial charge in [-0.2, -0.15) is 4.98 Å². The first kappa shape index (κ1) is 14.9. The highest BCUT2D eigenvalue weighted by molar-refractivity contribution is 7.09. The van der Waals surface area contributed by atoms with Gasteiger partial charge >= 0.3 is 0 Å². The minimum Gasteiger partial charge on any atom is -0.472 e. The van der Waals surface area contributed by atoms with Crippen LogP contribution in [0.15, 0.2) is 17.6 Å². The Bertz CT molecular complexity index is 673. The maximum absolute atomic E-state index is 12.5. The summed E-state index contributed by atoms with van der Waals surface area (Å²) in [5, 5.41) is 2.72. The minimum atomic E-state index is -0.0354. The molecule has 7 heteroatoms. The van der Waals surface area contributed by atoms with Gasteiger partial charge in [-0.15, -0.1) is 11.3 Å². The van der Waals surface area contributed by atoms with Gasteiger partial charge in [0.05, 0.1) is 11.6 Å². The molecule has 1 aliphatic heterocycles. The molecule has 1 saturated heterocycles. The molecule has 2 aromatic heterocycles. The lowest BCUT2D eigenvalue weighted by Gasteiger charge is -2.32. The molecule has 116 valence electrons. The van der Waals surface area contributed by atoms with Crippen molar-refractivity contribution in [3.8, 4) is 5.88 Å². The van der Waals surface area contributed by atoms with Crippen molar-refractivity contribution in [3.05, 3.63) is 34.2 Å². The molecule has 0 radical (unpaired) electrons. The van der Waals surface area contributed by atoms with Crippen molar-refractivity contribution in [1.29, 1.82) is 0 Å². The van der Waals surface area contributed by atoms with E-state index in [1.807, 2.05) is 24.1 Å². The molecule has 0 bridgehead atoms. The molecule has 22 heavy (non-hydrogen) atoms. The molecule has 1 aliphatic rings. The number of hydrogen-bond acceptors (Lipinski definition) is 6. The molecule has 6 nitrogen and oxygen atoms in total. The molecule has 0 aromatic carbocycles. The Morgan fingerprint density at radius 2 is 2.27 bits per heavy atom. The summed E-state index contributed by atoms with van der Waals surface area (Å²) in [5.74, 6) is 1.23. The van der Waals surface area contributed by atoms with Crippen LogP contribution in [-0.4, -0.2) is 45.0 Å². The van der Waals surface area contributed by atoms with Gasteiger partial charge in [-0.25, -0.2) is 9.97 Å². The average Bonchev–Trinajstić information content (AvgIpc) is 2.93. The highest BCUT2D eigenvalue weighted by atomic mass is 32.1. The third-order valence-electron chi connectivity index (χ3n) is 3.54. The fourth-order valence-corrected chi connectivity index (χ4v) is 3.10. The predicted octanol–water partition coefficient (Wildman–Crippen LogP) is 2.23. The third kappa shape index (κ3) is 3.41. The van der Waals surface area contributed by atoms with Crippen LogP contribution in [0.2, 0.25) is 0 Å². The van der Waals surface area contributed by atoms with E-state index in [4.69, 9.17) is 4.74 Å². The second-order valence-corrected chi connectivity index (χ2v) is 6.39. The van der Waals surface area contributed by atoms with Crippen molar-refractivity contribution < 1.29 is 9.53 Å². The summed E-state index contributed by atoms with van der Waals surface area (Å²) in [6.45, 7) is 5.05. The summed E-state index contributed by atoms with van der Waals surface area (Å²) in [7, 11) is 0. The van der Waals surface area contributed by atoms with Crippen LogP contribution in [0.4, 0.5) is 0 Å². The van der Waals surface area contributed by atoms with Crippen LogP contribution in [0.3, 0.4) is 0 Å². The number of carbonyl (C=O) groups excluding carboxylic acids is 1. The molecule has 3 rings (SSSR count). The molecular weight excluding hydrogens is 300 g/mol. The van der Waals surface area contributed by atoms with Crippen LogP contribution in [0.5, 0.6) is 5.88 Å². The largest absolute Gasteiger partial charge is 0.472 e. The fourth-order valence-electron chi connectivity index (χ4n) is 2.51. The van der Waals surface area contributed by atoms with E-state index in [0.717, 1.165) is 24.4 Å². The van der Waals surface area contributed by atoms with E-state index in [-0.39, 0.29) is 12.0 Å². The zero-order chi connectivity index (χ0) is 15.5. The van der Waals surface area contributed by atoms with Crippen LogP contribution in [0, 0.1) is 13.8 Å². The SMILES string of the molecule is Cc1nccc(OC2CCCN(C(=O)c3csc(C)n3)C2)n1. The van der Waals surface area contributed by atoms with Crippen molar-refractivity contribution in [2.45, 2.75) is 32.8 Å². The molecule has 0 N–H and O–H groups in total. The number of carbonyl (C=O) groups is 1. The number of piperidine rings is 1. The first-order chi connectivity index (χ1) is 10.6. The number of hydrogen-bond donors (Lipinski definition) is 0. The van der Waals surface area contributed by atoms with Gasteiger partial charge in [0, 0.05) is 24.2 Å². The Labute approximate surface area is 133 Å². The molecule has 1 unspecified atom stereocenters. The monoisotopic (exact) mass is 318 g/mol. The summed E-state index contributed by atoms with van der Waals surface area (Å²) in [6.07, 6.45) is 3.49. The van der Waals surface area contributed by atoms with Crippen LogP contribution >= 0.6 is 11.3 Å². The van der Waals surface area contributed by atoms with Crippen LogP contribution < -0.4 is 4.74 Å². The molecule has 0 saturated carbocycles. The van der Waals surface area contributed by atoms with Crippen molar-refractivity contribution in [2.75, 3.05) is 13.1 Å². The molecule has 1 fully saturated rings. The van der Waals surface area contributed by atoms with E-state index in [1.165, 1.54) is 11.3 Å². The fraction of sp³-hybridized carbons (Fsp3) is 0.467. The van der Waals surface area contributed by atoms with E-state index in [2.05, 4.69) is 15.0 Å². The molecule has 2 aromatic rings. The maximum Gasteiger partial charge on any atom is 0.273 e. The predicted molar refractivity (Wildman–Crippen MR) is 83.2 cm³/mol. The highest BCUT2D eigenvalue weighted by Gasteiger charge is 2.27. The van der Waals surface area contributed by atoms with Gasteiger partial charge in [0.25, 0.3) is 5.91 Å². The third-order valence-corrected chi connectivity index (χ3v) is 4.31. The van der Waals surface area contributed by atoms with E-state index >= 15 is 0 Å². The van der Waals surface area contributed by atoms with Gasteiger partial charge in [0.2, 0.25) is 5.88 Å². The minimum absolute atomic E-state index is 0.0171. The number of thiazole rings is 1. The van der Waals surface area contributed by atoms with Crippen molar-refractivity contribution >= 4 is 17.2 Å². The zero-order valence-corrected chi connectivity index (χ0v) is 13.5. The number of amides is 1. The molecule has 0 spiro atoms. The summed E-state index contributed by atoms with van der Waals surface area (Å²) in [4.78, 5) is 26.8. The first-order valence-electron chi connectivity index (χ1n) is 7.29. The van der Waals surface area contributed by atoms with E-state index < -0.39 is 0 Å². The van der Waals surface area contributed by atoms with Gasteiger partial charge in [-0.1, -0.05) is 0 Å². The lowest BCUT2D eigenvalue weighted by atomic mass is 10.1. The van der Waals surface area contributed by atoms with Crippen LogP contribution in [0.1, 0.15) is 34.2 Å². The number of ether oxygens (including phenoxy) is 1. The van der Waals surface area contributed by atoms with E-state index in [9.17, 15) is 4.79 Å². The summed E-state index contributed by atoms with van der Waals surface area (Å²) in [5.41, 5.74) is 0.529. The normalized spacial score (nSPS) is 18.3. The number of aryl methyl sites for hydroxylation is 2.